The van der Waals surface area contributed by atoms with Crippen molar-refractivity contribution in [3.05, 3.63) is 12.2 Å². The van der Waals surface area contributed by atoms with E-state index >= 15 is 0 Å². The molecule has 0 aromatic heterocycles. The standard InChI is InChI=1S/C15H28O2/c1-6-7-8-10-15(4,5)11-9-12-17-14(16)13(2)3/h2,6-12H2,1,3-5H3. The van der Waals surface area contributed by atoms with Gasteiger partial charge in [0.15, 0.2) is 0 Å². The zero-order chi connectivity index (χ0) is 13.3. The number of carbonyl (C=O) groups excluding carboxylic acids is 1. The molecule has 0 aliphatic carbocycles. The molecule has 0 spiro atoms. The van der Waals surface area contributed by atoms with Crippen LogP contribution in [0.5, 0.6) is 0 Å². The van der Waals surface area contributed by atoms with Crippen molar-refractivity contribution >= 4 is 5.97 Å². The number of hydrogen-bond acceptors (Lipinski definition) is 2. The molecule has 2 nitrogen and oxygen atoms in total. The Labute approximate surface area is 106 Å². The fourth-order valence-corrected chi connectivity index (χ4v) is 1.82. The maximum Gasteiger partial charge on any atom is 0.333 e. The van der Waals surface area contributed by atoms with Gasteiger partial charge in [-0.1, -0.05) is 46.6 Å². The van der Waals surface area contributed by atoms with E-state index in [0.29, 0.717) is 17.6 Å². The van der Waals surface area contributed by atoms with Gasteiger partial charge in [0.05, 0.1) is 6.61 Å². The van der Waals surface area contributed by atoms with Crippen LogP contribution in [0.3, 0.4) is 0 Å². The van der Waals surface area contributed by atoms with Crippen molar-refractivity contribution in [1.82, 2.24) is 0 Å². The minimum absolute atomic E-state index is 0.270. The van der Waals surface area contributed by atoms with Crippen LogP contribution in [0.4, 0.5) is 0 Å². The molecule has 0 aliphatic rings. The number of hydrogen-bond donors (Lipinski definition) is 0. The van der Waals surface area contributed by atoms with Gasteiger partial charge >= 0.3 is 5.97 Å². The lowest BCUT2D eigenvalue weighted by atomic mass is 9.83. The van der Waals surface area contributed by atoms with Crippen LogP contribution in [0.15, 0.2) is 12.2 Å². The number of carbonyl (C=O) groups is 1. The van der Waals surface area contributed by atoms with Crippen molar-refractivity contribution in [1.29, 1.82) is 0 Å². The molecule has 17 heavy (non-hydrogen) atoms. The topological polar surface area (TPSA) is 26.3 Å². The summed E-state index contributed by atoms with van der Waals surface area (Å²) in [6.07, 6.45) is 7.20. The van der Waals surface area contributed by atoms with Crippen molar-refractivity contribution < 1.29 is 9.53 Å². The third kappa shape index (κ3) is 8.96. The second-order valence-electron chi connectivity index (χ2n) is 5.64. The Balaban J connectivity index is 3.64. The third-order valence-corrected chi connectivity index (χ3v) is 3.04. The number of rotatable bonds is 9. The van der Waals surface area contributed by atoms with E-state index in [2.05, 4.69) is 27.4 Å². The molecule has 0 heterocycles. The predicted molar refractivity (Wildman–Crippen MR) is 72.9 cm³/mol. The van der Waals surface area contributed by atoms with Gasteiger partial charge in [-0.05, 0) is 31.6 Å². The van der Waals surface area contributed by atoms with Crippen molar-refractivity contribution in [2.24, 2.45) is 5.41 Å². The Kier molecular flexibility index (Phi) is 7.94. The van der Waals surface area contributed by atoms with Crippen molar-refractivity contribution in [3.63, 3.8) is 0 Å². The van der Waals surface area contributed by atoms with Crippen LogP contribution in [0, 0.1) is 5.41 Å². The number of esters is 1. The second-order valence-corrected chi connectivity index (χ2v) is 5.64. The van der Waals surface area contributed by atoms with Gasteiger partial charge < -0.3 is 4.74 Å². The smallest absolute Gasteiger partial charge is 0.333 e. The van der Waals surface area contributed by atoms with E-state index in [1.807, 2.05) is 0 Å². The monoisotopic (exact) mass is 240 g/mol. The molecule has 0 bridgehead atoms. The highest BCUT2D eigenvalue weighted by Crippen LogP contribution is 2.29. The summed E-state index contributed by atoms with van der Waals surface area (Å²) in [4.78, 5) is 11.2. The highest BCUT2D eigenvalue weighted by Gasteiger charge is 2.16. The Bertz CT molecular complexity index is 241. The van der Waals surface area contributed by atoms with Gasteiger partial charge in [0, 0.05) is 5.57 Å². The van der Waals surface area contributed by atoms with E-state index in [1.165, 1.54) is 25.7 Å². The number of ether oxygens (including phenoxy) is 1. The molecule has 0 unspecified atom stereocenters. The molecular weight excluding hydrogens is 212 g/mol. The van der Waals surface area contributed by atoms with E-state index < -0.39 is 0 Å². The second kappa shape index (κ2) is 8.32. The molecule has 0 aromatic carbocycles. The minimum atomic E-state index is -0.270. The first-order valence-corrected chi connectivity index (χ1v) is 6.71. The van der Waals surface area contributed by atoms with Crippen molar-refractivity contribution in [2.45, 2.75) is 66.2 Å². The quantitative estimate of drug-likeness (QED) is 0.337. The van der Waals surface area contributed by atoms with Gasteiger partial charge in [-0.3, -0.25) is 0 Å². The lowest BCUT2D eigenvalue weighted by molar-refractivity contribution is -0.139. The normalized spacial score (nSPS) is 11.3. The molecule has 0 rings (SSSR count). The van der Waals surface area contributed by atoms with Gasteiger partial charge in [-0.2, -0.15) is 0 Å². The summed E-state index contributed by atoms with van der Waals surface area (Å²) < 4.78 is 5.09. The third-order valence-electron chi connectivity index (χ3n) is 3.04. The Hall–Kier alpha value is -0.790. The summed E-state index contributed by atoms with van der Waals surface area (Å²) in [5.41, 5.74) is 0.845. The predicted octanol–water partition coefficient (Wildman–Crippen LogP) is 4.49. The van der Waals surface area contributed by atoms with Crippen LogP contribution in [0.1, 0.15) is 66.2 Å². The molecule has 0 amide bonds. The van der Waals surface area contributed by atoms with Gasteiger partial charge in [-0.25, -0.2) is 4.79 Å². The fourth-order valence-electron chi connectivity index (χ4n) is 1.82. The van der Waals surface area contributed by atoms with Gasteiger partial charge in [0.1, 0.15) is 0 Å². The minimum Gasteiger partial charge on any atom is -0.462 e. The Morgan fingerprint density at radius 1 is 1.18 bits per heavy atom. The summed E-state index contributed by atoms with van der Waals surface area (Å²) in [5.74, 6) is -0.270. The zero-order valence-electron chi connectivity index (χ0n) is 12.0. The largest absolute Gasteiger partial charge is 0.462 e. The number of unbranched alkanes of at least 4 members (excludes halogenated alkanes) is 2. The molecule has 0 fully saturated rings. The van der Waals surface area contributed by atoms with Crippen LogP contribution < -0.4 is 0 Å². The van der Waals surface area contributed by atoms with Crippen LogP contribution in [-0.2, 0) is 9.53 Å². The molecule has 0 atom stereocenters. The average molecular weight is 240 g/mol. The van der Waals surface area contributed by atoms with Crippen molar-refractivity contribution in [2.75, 3.05) is 6.61 Å². The zero-order valence-corrected chi connectivity index (χ0v) is 12.0. The van der Waals surface area contributed by atoms with E-state index in [0.717, 1.165) is 12.8 Å². The Morgan fingerprint density at radius 2 is 1.76 bits per heavy atom. The molecule has 0 aromatic rings. The van der Waals surface area contributed by atoms with E-state index in [1.54, 1.807) is 6.92 Å². The maximum atomic E-state index is 11.2. The highest BCUT2D eigenvalue weighted by atomic mass is 16.5. The molecular formula is C15H28O2. The first-order chi connectivity index (χ1) is 7.89. The van der Waals surface area contributed by atoms with E-state index in [-0.39, 0.29) is 5.97 Å². The van der Waals surface area contributed by atoms with Crippen molar-refractivity contribution in [3.8, 4) is 0 Å². The van der Waals surface area contributed by atoms with Gasteiger partial charge in [0.25, 0.3) is 0 Å². The molecule has 0 N–H and O–H groups in total. The van der Waals surface area contributed by atoms with Crippen LogP contribution in [0.25, 0.3) is 0 Å². The first kappa shape index (κ1) is 16.2. The van der Waals surface area contributed by atoms with Crippen LogP contribution in [0.2, 0.25) is 0 Å². The van der Waals surface area contributed by atoms with Crippen LogP contribution in [-0.4, -0.2) is 12.6 Å². The summed E-state index contributed by atoms with van der Waals surface area (Å²) in [6, 6.07) is 0. The SMILES string of the molecule is C=C(C)C(=O)OCCCC(C)(C)CCCCC. The first-order valence-electron chi connectivity index (χ1n) is 6.71. The summed E-state index contributed by atoms with van der Waals surface area (Å²) in [6.45, 7) is 12.6. The summed E-state index contributed by atoms with van der Waals surface area (Å²) in [5, 5.41) is 0. The fraction of sp³-hybridized carbons (Fsp3) is 0.800. The van der Waals surface area contributed by atoms with E-state index in [4.69, 9.17) is 4.74 Å². The molecule has 0 saturated carbocycles. The molecule has 100 valence electrons. The van der Waals surface area contributed by atoms with E-state index in [9.17, 15) is 4.79 Å². The average Bonchev–Trinajstić information content (AvgIpc) is 2.24. The summed E-state index contributed by atoms with van der Waals surface area (Å²) >= 11 is 0. The van der Waals surface area contributed by atoms with Gasteiger partial charge in [0.2, 0.25) is 0 Å². The van der Waals surface area contributed by atoms with Gasteiger partial charge in [-0.15, -0.1) is 0 Å². The maximum absolute atomic E-state index is 11.2. The lowest BCUT2D eigenvalue weighted by Crippen LogP contribution is -2.14. The molecule has 2 heteroatoms. The Morgan fingerprint density at radius 3 is 2.29 bits per heavy atom. The summed E-state index contributed by atoms with van der Waals surface area (Å²) in [7, 11) is 0. The van der Waals surface area contributed by atoms with Crippen LogP contribution >= 0.6 is 0 Å². The molecule has 0 aliphatic heterocycles. The molecule has 0 radical (unpaired) electrons. The highest BCUT2D eigenvalue weighted by molar-refractivity contribution is 5.86. The molecule has 0 saturated heterocycles. The lowest BCUT2D eigenvalue weighted by Gasteiger charge is -2.24.